The zero-order valence-electron chi connectivity index (χ0n) is 13.1. The summed E-state index contributed by atoms with van der Waals surface area (Å²) in [6, 6.07) is 0.945. The van der Waals surface area contributed by atoms with Crippen LogP contribution in [0.25, 0.3) is 0 Å². The molecular weight excluding hydrogens is 232 g/mol. The first-order valence-electron chi connectivity index (χ1n) is 8.66. The number of nitrogens with zero attached hydrogens (tertiary/aromatic N) is 1. The molecule has 0 radical (unpaired) electrons. The number of hydrogen-bond donors (Lipinski definition) is 1. The van der Waals surface area contributed by atoms with Gasteiger partial charge in [-0.2, -0.15) is 0 Å². The summed E-state index contributed by atoms with van der Waals surface area (Å²) in [5.74, 6) is 2.68. The van der Waals surface area contributed by atoms with Crippen LogP contribution in [0.5, 0.6) is 0 Å². The number of hydrogen-bond acceptors (Lipinski definition) is 2. The second-order valence-electron chi connectivity index (χ2n) is 7.16. The van der Waals surface area contributed by atoms with Crippen molar-refractivity contribution in [1.82, 2.24) is 4.90 Å². The van der Waals surface area contributed by atoms with Crippen molar-refractivity contribution < 1.29 is 0 Å². The lowest BCUT2D eigenvalue weighted by Gasteiger charge is -2.32. The molecule has 1 saturated carbocycles. The van der Waals surface area contributed by atoms with Gasteiger partial charge in [-0.15, -0.1) is 0 Å². The van der Waals surface area contributed by atoms with Gasteiger partial charge in [0.1, 0.15) is 0 Å². The fourth-order valence-corrected chi connectivity index (χ4v) is 4.36. The van der Waals surface area contributed by atoms with Gasteiger partial charge in [0, 0.05) is 6.04 Å². The summed E-state index contributed by atoms with van der Waals surface area (Å²) in [6.45, 7) is 8.28. The predicted octanol–water partition coefficient (Wildman–Crippen LogP) is 3.65. The van der Waals surface area contributed by atoms with E-state index in [0.717, 1.165) is 30.3 Å². The van der Waals surface area contributed by atoms with Crippen LogP contribution in [0.2, 0.25) is 0 Å². The smallest absolute Gasteiger partial charge is 0.0124 e. The van der Waals surface area contributed by atoms with E-state index in [4.69, 9.17) is 5.73 Å². The third kappa shape index (κ3) is 4.19. The number of rotatable bonds is 7. The van der Waals surface area contributed by atoms with Crippen LogP contribution in [0, 0.1) is 17.8 Å². The minimum absolute atomic E-state index is 0.796. The van der Waals surface area contributed by atoms with E-state index in [1.165, 1.54) is 64.5 Å². The molecule has 0 aromatic carbocycles. The maximum absolute atomic E-state index is 5.74. The van der Waals surface area contributed by atoms with Gasteiger partial charge >= 0.3 is 0 Å². The molecule has 0 aromatic heterocycles. The van der Waals surface area contributed by atoms with Gasteiger partial charge in [-0.25, -0.2) is 0 Å². The van der Waals surface area contributed by atoms with Crippen LogP contribution in [-0.4, -0.2) is 30.6 Å². The third-order valence-corrected chi connectivity index (χ3v) is 5.63. The lowest BCUT2D eigenvalue weighted by atomic mass is 9.85. The molecule has 2 rings (SSSR count). The minimum atomic E-state index is 0.796. The van der Waals surface area contributed by atoms with Crippen molar-refractivity contribution in [2.45, 2.75) is 71.3 Å². The summed E-state index contributed by atoms with van der Waals surface area (Å²) in [7, 11) is 0. The summed E-state index contributed by atoms with van der Waals surface area (Å²) in [6.07, 6.45) is 11.4. The number of likely N-dealkylation sites (tertiary alicyclic amines) is 1. The highest BCUT2D eigenvalue weighted by Crippen LogP contribution is 2.36. The predicted molar refractivity (Wildman–Crippen MR) is 83.2 cm³/mol. The molecule has 2 heteroatoms. The Morgan fingerprint density at radius 3 is 2.63 bits per heavy atom. The average Bonchev–Trinajstić information content (AvgIpc) is 2.81. The molecule has 2 fully saturated rings. The van der Waals surface area contributed by atoms with Crippen molar-refractivity contribution in [3.8, 4) is 0 Å². The molecule has 2 N–H and O–H groups in total. The lowest BCUT2D eigenvalue weighted by molar-refractivity contribution is 0.174. The molecule has 2 nitrogen and oxygen atoms in total. The molecule has 112 valence electrons. The van der Waals surface area contributed by atoms with Gasteiger partial charge in [0.2, 0.25) is 0 Å². The van der Waals surface area contributed by atoms with Crippen LogP contribution in [-0.2, 0) is 0 Å². The average molecular weight is 266 g/mol. The maximum atomic E-state index is 5.74. The van der Waals surface area contributed by atoms with Crippen LogP contribution >= 0.6 is 0 Å². The van der Waals surface area contributed by atoms with E-state index in [9.17, 15) is 0 Å². The third-order valence-electron chi connectivity index (χ3n) is 5.63. The van der Waals surface area contributed by atoms with E-state index < -0.39 is 0 Å². The summed E-state index contributed by atoms with van der Waals surface area (Å²) < 4.78 is 0. The van der Waals surface area contributed by atoms with E-state index in [2.05, 4.69) is 18.7 Å². The Morgan fingerprint density at radius 1 is 1.11 bits per heavy atom. The van der Waals surface area contributed by atoms with Crippen molar-refractivity contribution in [2.75, 3.05) is 19.6 Å². The number of nitrogens with two attached hydrogens (primary N) is 1. The highest BCUT2D eigenvalue weighted by Gasteiger charge is 2.34. The summed E-state index contributed by atoms with van der Waals surface area (Å²) in [5.41, 5.74) is 5.74. The van der Waals surface area contributed by atoms with Gasteiger partial charge in [0.25, 0.3) is 0 Å². The second-order valence-corrected chi connectivity index (χ2v) is 7.16. The zero-order chi connectivity index (χ0) is 13.7. The Morgan fingerprint density at radius 2 is 1.89 bits per heavy atom. The van der Waals surface area contributed by atoms with E-state index >= 15 is 0 Å². The zero-order valence-corrected chi connectivity index (χ0v) is 13.1. The summed E-state index contributed by atoms with van der Waals surface area (Å²) in [4.78, 5) is 2.81. The van der Waals surface area contributed by atoms with Crippen molar-refractivity contribution in [3.63, 3.8) is 0 Å². The van der Waals surface area contributed by atoms with Gasteiger partial charge in [-0.3, -0.25) is 0 Å². The molecule has 1 heterocycles. The first kappa shape index (κ1) is 15.3. The molecule has 0 bridgehead atoms. The molecule has 3 unspecified atom stereocenters. The van der Waals surface area contributed by atoms with E-state index in [-0.39, 0.29) is 0 Å². The van der Waals surface area contributed by atoms with Gasteiger partial charge in [-0.05, 0) is 75.9 Å². The van der Waals surface area contributed by atoms with Gasteiger partial charge < -0.3 is 10.6 Å². The molecule has 3 atom stereocenters. The standard InChI is InChI=1S/C17H34N2/c1-14(2)15(9-11-18)7-5-12-19-13-10-16-6-3-4-8-17(16)19/h14-17H,3-13,18H2,1-2H3. The normalized spacial score (nSPS) is 29.7. The molecular formula is C17H34N2. The lowest BCUT2D eigenvalue weighted by Crippen LogP contribution is -2.35. The van der Waals surface area contributed by atoms with Crippen LogP contribution in [0.3, 0.4) is 0 Å². The maximum Gasteiger partial charge on any atom is 0.0124 e. The summed E-state index contributed by atoms with van der Waals surface area (Å²) in [5, 5.41) is 0. The molecule has 1 aliphatic heterocycles. The largest absolute Gasteiger partial charge is 0.330 e. The van der Waals surface area contributed by atoms with Gasteiger partial charge in [0.15, 0.2) is 0 Å². The molecule has 1 aliphatic carbocycles. The van der Waals surface area contributed by atoms with Crippen molar-refractivity contribution in [3.05, 3.63) is 0 Å². The fraction of sp³-hybridized carbons (Fsp3) is 1.00. The summed E-state index contributed by atoms with van der Waals surface area (Å²) >= 11 is 0. The monoisotopic (exact) mass is 266 g/mol. The highest BCUT2D eigenvalue weighted by molar-refractivity contribution is 4.89. The second kappa shape index (κ2) is 7.64. The Labute approximate surface area is 120 Å². The number of fused-ring (bicyclic) bond motifs is 1. The fourth-order valence-electron chi connectivity index (χ4n) is 4.36. The Hall–Kier alpha value is -0.0800. The van der Waals surface area contributed by atoms with Gasteiger partial charge in [0.05, 0.1) is 0 Å². The van der Waals surface area contributed by atoms with E-state index in [1.807, 2.05) is 0 Å². The Bertz CT molecular complexity index is 252. The topological polar surface area (TPSA) is 29.3 Å². The molecule has 19 heavy (non-hydrogen) atoms. The molecule has 1 saturated heterocycles. The van der Waals surface area contributed by atoms with Crippen LogP contribution < -0.4 is 5.73 Å². The molecule has 0 amide bonds. The van der Waals surface area contributed by atoms with E-state index in [1.54, 1.807) is 0 Å². The van der Waals surface area contributed by atoms with E-state index in [0.29, 0.717) is 0 Å². The van der Waals surface area contributed by atoms with Crippen LogP contribution in [0.15, 0.2) is 0 Å². The first-order valence-corrected chi connectivity index (χ1v) is 8.66. The quantitative estimate of drug-likeness (QED) is 0.762. The molecule has 2 aliphatic rings. The van der Waals surface area contributed by atoms with Crippen molar-refractivity contribution >= 4 is 0 Å². The first-order chi connectivity index (χ1) is 9.22. The highest BCUT2D eigenvalue weighted by atomic mass is 15.2. The minimum Gasteiger partial charge on any atom is -0.330 e. The SMILES string of the molecule is CC(C)C(CCN)CCCN1CCC2CCCCC21. The molecule has 0 aromatic rings. The van der Waals surface area contributed by atoms with Crippen molar-refractivity contribution in [1.29, 1.82) is 0 Å². The van der Waals surface area contributed by atoms with Crippen LogP contribution in [0.4, 0.5) is 0 Å². The Kier molecular flexibility index (Phi) is 6.15. The van der Waals surface area contributed by atoms with Crippen LogP contribution in [0.1, 0.15) is 65.2 Å². The van der Waals surface area contributed by atoms with Crippen molar-refractivity contribution in [2.24, 2.45) is 23.5 Å². The van der Waals surface area contributed by atoms with Gasteiger partial charge in [-0.1, -0.05) is 26.7 Å². The molecule has 0 spiro atoms. The Balaban J connectivity index is 1.70.